The highest BCUT2D eigenvalue weighted by Crippen LogP contribution is 2.31. The minimum absolute atomic E-state index is 0.166. The maximum Gasteiger partial charge on any atom is 0.324 e. The molecule has 3 aromatic rings. The summed E-state index contributed by atoms with van der Waals surface area (Å²) in [5.74, 6) is -1.32. The number of hydrogen-bond acceptors (Lipinski definition) is 2. The van der Waals surface area contributed by atoms with Crippen LogP contribution in [0, 0.1) is 18.6 Å². The van der Waals surface area contributed by atoms with Gasteiger partial charge in [-0.25, -0.2) is 13.6 Å². The smallest absolute Gasteiger partial charge is 0.320 e. The van der Waals surface area contributed by atoms with Crippen LogP contribution < -0.4 is 10.2 Å². The van der Waals surface area contributed by atoms with Crippen LogP contribution in [0.25, 0.3) is 0 Å². The third-order valence-electron chi connectivity index (χ3n) is 5.41. The molecule has 1 heterocycles. The zero-order valence-corrected chi connectivity index (χ0v) is 17.6. The van der Waals surface area contributed by atoms with Gasteiger partial charge in [-0.15, -0.1) is 0 Å². The molecule has 5 nitrogen and oxygen atoms in total. The molecule has 0 aromatic heterocycles. The first-order valence-electron chi connectivity index (χ1n) is 10.4. The molecule has 0 spiro atoms. The van der Waals surface area contributed by atoms with E-state index in [2.05, 4.69) is 5.32 Å². The van der Waals surface area contributed by atoms with E-state index in [0.717, 1.165) is 11.6 Å². The monoisotopic (exact) mass is 435 g/mol. The van der Waals surface area contributed by atoms with Gasteiger partial charge in [0.15, 0.2) is 0 Å². The molecule has 32 heavy (non-hydrogen) atoms. The van der Waals surface area contributed by atoms with E-state index in [1.54, 1.807) is 40.1 Å². The van der Waals surface area contributed by atoms with Crippen molar-refractivity contribution >= 4 is 23.3 Å². The van der Waals surface area contributed by atoms with Gasteiger partial charge in [-0.1, -0.05) is 30.3 Å². The second-order valence-corrected chi connectivity index (χ2v) is 7.79. The lowest BCUT2D eigenvalue weighted by Crippen LogP contribution is -2.49. The lowest BCUT2D eigenvalue weighted by atomic mass is 10.1. The maximum absolute atomic E-state index is 14.1. The minimum atomic E-state index is -0.503. The highest BCUT2D eigenvalue weighted by molar-refractivity contribution is 6.07. The molecule has 0 unspecified atom stereocenters. The third kappa shape index (κ3) is 4.61. The van der Waals surface area contributed by atoms with Crippen molar-refractivity contribution in [3.8, 4) is 0 Å². The summed E-state index contributed by atoms with van der Waals surface area (Å²) in [6.07, 6.45) is 0.700. The molecule has 0 aliphatic carbocycles. The second kappa shape index (κ2) is 9.18. The van der Waals surface area contributed by atoms with Gasteiger partial charge in [-0.2, -0.15) is 0 Å². The molecule has 1 aliphatic rings. The molecule has 0 bridgehead atoms. The molecule has 0 saturated carbocycles. The summed E-state index contributed by atoms with van der Waals surface area (Å²) in [4.78, 5) is 29.1. The fraction of sp³-hybridized carbons (Fsp3) is 0.200. The Morgan fingerprint density at radius 1 is 1.00 bits per heavy atom. The van der Waals surface area contributed by atoms with Gasteiger partial charge in [0.2, 0.25) is 0 Å². The fourth-order valence-corrected chi connectivity index (χ4v) is 3.79. The number of amides is 3. The predicted molar refractivity (Wildman–Crippen MR) is 120 cm³/mol. The second-order valence-electron chi connectivity index (χ2n) is 7.79. The highest BCUT2D eigenvalue weighted by Gasteiger charge is 2.29. The number of rotatable bonds is 5. The average Bonchev–Trinajstić information content (AvgIpc) is 2.77. The number of hydrogen-bond donors (Lipinski definition) is 1. The van der Waals surface area contributed by atoms with Crippen LogP contribution in [-0.2, 0) is 6.54 Å². The van der Waals surface area contributed by atoms with E-state index in [-0.39, 0.29) is 24.0 Å². The Morgan fingerprint density at radius 2 is 1.81 bits per heavy atom. The first-order valence-corrected chi connectivity index (χ1v) is 10.4. The van der Waals surface area contributed by atoms with Crippen molar-refractivity contribution in [2.75, 3.05) is 23.3 Å². The van der Waals surface area contributed by atoms with Crippen LogP contribution in [0.4, 0.5) is 25.0 Å². The van der Waals surface area contributed by atoms with Gasteiger partial charge in [-0.05, 0) is 55.3 Å². The Balaban J connectivity index is 1.59. The zero-order valence-electron chi connectivity index (χ0n) is 17.6. The van der Waals surface area contributed by atoms with Gasteiger partial charge < -0.3 is 10.2 Å². The van der Waals surface area contributed by atoms with E-state index in [0.29, 0.717) is 36.4 Å². The molecular formula is C25H23F2N3O2. The molecule has 164 valence electrons. The molecule has 3 aromatic carbocycles. The summed E-state index contributed by atoms with van der Waals surface area (Å²) < 4.78 is 27.6. The molecule has 7 heteroatoms. The molecule has 1 saturated heterocycles. The summed E-state index contributed by atoms with van der Waals surface area (Å²) in [7, 11) is 0. The van der Waals surface area contributed by atoms with Gasteiger partial charge >= 0.3 is 6.03 Å². The molecular weight excluding hydrogens is 412 g/mol. The Kier molecular flexibility index (Phi) is 6.16. The fourth-order valence-electron chi connectivity index (χ4n) is 3.79. The number of carbonyl (C=O) groups is 2. The van der Waals surface area contributed by atoms with Gasteiger partial charge in [0, 0.05) is 24.2 Å². The highest BCUT2D eigenvalue weighted by atomic mass is 19.1. The number of halogens is 2. The maximum atomic E-state index is 14.1. The predicted octanol–water partition coefficient (Wildman–Crippen LogP) is 5.36. The van der Waals surface area contributed by atoms with Crippen LogP contribution >= 0.6 is 0 Å². The van der Waals surface area contributed by atoms with Gasteiger partial charge in [-0.3, -0.25) is 9.69 Å². The number of nitrogens with one attached hydrogen (secondary N) is 1. The van der Waals surface area contributed by atoms with Gasteiger partial charge in [0.25, 0.3) is 5.91 Å². The Bertz CT molecular complexity index is 1170. The van der Waals surface area contributed by atoms with Crippen LogP contribution in [0.5, 0.6) is 0 Å². The Hall–Kier alpha value is -3.74. The van der Waals surface area contributed by atoms with Crippen molar-refractivity contribution in [3.05, 3.63) is 95.1 Å². The lowest BCUT2D eigenvalue weighted by Gasteiger charge is -2.36. The molecule has 1 N–H and O–H groups in total. The quantitative estimate of drug-likeness (QED) is 0.587. The summed E-state index contributed by atoms with van der Waals surface area (Å²) in [5.41, 5.74) is 2.54. The van der Waals surface area contributed by atoms with E-state index < -0.39 is 11.7 Å². The first-order chi connectivity index (χ1) is 15.4. The van der Waals surface area contributed by atoms with Crippen molar-refractivity contribution in [3.63, 3.8) is 0 Å². The molecule has 0 atom stereocenters. The lowest BCUT2D eigenvalue weighted by molar-refractivity contribution is 0.102. The summed E-state index contributed by atoms with van der Waals surface area (Å²) >= 11 is 0. The molecule has 0 radical (unpaired) electrons. The van der Waals surface area contributed by atoms with Crippen LogP contribution in [0.2, 0.25) is 0 Å². The summed E-state index contributed by atoms with van der Waals surface area (Å²) in [5, 5.41) is 2.81. The van der Waals surface area contributed by atoms with Crippen LogP contribution in [0.1, 0.15) is 27.9 Å². The largest absolute Gasteiger partial charge is 0.324 e. The number of carbonyl (C=O) groups excluding carboxylic acids is 2. The molecule has 3 amide bonds. The van der Waals surface area contributed by atoms with E-state index in [1.807, 2.05) is 13.0 Å². The Labute approximate surface area is 185 Å². The van der Waals surface area contributed by atoms with Crippen molar-refractivity contribution in [2.45, 2.75) is 19.9 Å². The van der Waals surface area contributed by atoms with Gasteiger partial charge in [0.1, 0.15) is 11.6 Å². The van der Waals surface area contributed by atoms with Crippen molar-refractivity contribution in [2.24, 2.45) is 0 Å². The van der Waals surface area contributed by atoms with E-state index >= 15 is 0 Å². The van der Waals surface area contributed by atoms with Crippen molar-refractivity contribution in [1.82, 2.24) is 4.90 Å². The topological polar surface area (TPSA) is 52.6 Å². The minimum Gasteiger partial charge on any atom is -0.320 e. The summed E-state index contributed by atoms with van der Waals surface area (Å²) in [6.45, 7) is 3.03. The molecule has 1 fully saturated rings. The van der Waals surface area contributed by atoms with Crippen molar-refractivity contribution < 1.29 is 18.4 Å². The number of aryl methyl sites for hydroxylation is 1. The number of urea groups is 1. The SMILES string of the molecule is Cc1ccc(N2CCCN(Cc3ccccc3F)C2=O)c(NC(=O)c2cccc(F)c2)c1. The van der Waals surface area contributed by atoms with Crippen LogP contribution in [0.3, 0.4) is 0 Å². The molecule has 1 aliphatic heterocycles. The molecule has 4 rings (SSSR count). The number of nitrogens with zero attached hydrogens (tertiary/aromatic N) is 2. The zero-order chi connectivity index (χ0) is 22.7. The van der Waals surface area contributed by atoms with Crippen LogP contribution in [0.15, 0.2) is 66.7 Å². The third-order valence-corrected chi connectivity index (χ3v) is 5.41. The average molecular weight is 435 g/mol. The van der Waals surface area contributed by atoms with E-state index in [9.17, 15) is 18.4 Å². The first kappa shape index (κ1) is 21.5. The normalized spacial score (nSPS) is 13.9. The summed E-state index contributed by atoms with van der Waals surface area (Å²) in [6, 6.07) is 17.0. The van der Waals surface area contributed by atoms with Gasteiger partial charge in [0.05, 0.1) is 17.9 Å². The number of anilines is 2. The Morgan fingerprint density at radius 3 is 2.59 bits per heavy atom. The standard InChI is InChI=1S/C25H23F2N3O2/c1-17-10-11-23(22(14-17)28-24(31)18-7-4-8-20(26)15-18)30-13-5-12-29(25(30)32)16-19-6-2-3-9-21(19)27/h2-4,6-11,14-15H,5,12-13,16H2,1H3,(H,28,31). The van der Waals surface area contributed by atoms with Crippen molar-refractivity contribution in [1.29, 1.82) is 0 Å². The van der Waals surface area contributed by atoms with E-state index in [4.69, 9.17) is 0 Å². The number of benzene rings is 3. The van der Waals surface area contributed by atoms with Crippen LogP contribution in [-0.4, -0.2) is 29.9 Å². The van der Waals surface area contributed by atoms with E-state index in [1.165, 1.54) is 24.3 Å².